The molecule has 0 aliphatic rings. The van der Waals surface area contributed by atoms with Gasteiger partial charge in [-0.2, -0.15) is 5.26 Å². The van der Waals surface area contributed by atoms with E-state index in [-0.39, 0.29) is 5.76 Å². The number of aromatic amines is 1. The van der Waals surface area contributed by atoms with Gasteiger partial charge in [0, 0.05) is 0 Å². The molecule has 2 heterocycles. The molecule has 2 aromatic carbocycles. The summed E-state index contributed by atoms with van der Waals surface area (Å²) >= 11 is 3.14. The molecule has 4 aromatic rings. The van der Waals surface area contributed by atoms with Gasteiger partial charge in [-0.05, 0) is 64.0 Å². The summed E-state index contributed by atoms with van der Waals surface area (Å²) in [6.45, 7) is 0. The van der Waals surface area contributed by atoms with Crippen molar-refractivity contribution in [2.45, 2.75) is 0 Å². The molecule has 6 nitrogen and oxygen atoms in total. The molecule has 0 amide bonds. The third-order valence-electron chi connectivity index (χ3n) is 3.94. The highest BCUT2D eigenvalue weighted by Gasteiger charge is 2.13. The molecule has 2 aromatic heterocycles. The van der Waals surface area contributed by atoms with Gasteiger partial charge in [-0.15, -0.1) is 0 Å². The predicted molar refractivity (Wildman–Crippen MR) is 107 cm³/mol. The topological polar surface area (TPSA) is 91.9 Å². The van der Waals surface area contributed by atoms with Gasteiger partial charge in [0.05, 0.1) is 16.6 Å². The molecule has 0 spiro atoms. The second-order valence-corrected chi connectivity index (χ2v) is 6.62. The zero-order valence-electron chi connectivity index (χ0n) is 14.3. The quantitative estimate of drug-likeness (QED) is 0.271. The highest BCUT2D eigenvalue weighted by Crippen LogP contribution is 2.22. The lowest BCUT2D eigenvalue weighted by Crippen LogP contribution is -2.06. The number of H-pyrrole nitrogens is 1. The van der Waals surface area contributed by atoms with Crippen LogP contribution in [0.3, 0.4) is 0 Å². The van der Waals surface area contributed by atoms with Crippen LogP contribution in [0.2, 0.25) is 0 Å². The van der Waals surface area contributed by atoms with E-state index in [1.54, 1.807) is 36.4 Å². The zero-order valence-corrected chi connectivity index (χ0v) is 15.9. The number of nitrogens with one attached hydrogen (secondary N) is 1. The van der Waals surface area contributed by atoms with Crippen molar-refractivity contribution in [2.75, 3.05) is 0 Å². The van der Waals surface area contributed by atoms with Gasteiger partial charge in [-0.1, -0.05) is 24.3 Å². The molecule has 0 aliphatic carbocycles. The summed E-state index contributed by atoms with van der Waals surface area (Å²) in [6, 6.07) is 19.7. The van der Waals surface area contributed by atoms with Crippen molar-refractivity contribution in [2.24, 2.45) is 0 Å². The van der Waals surface area contributed by atoms with Crippen LogP contribution in [-0.4, -0.2) is 15.9 Å². The Morgan fingerprint density at radius 3 is 2.61 bits per heavy atom. The molecule has 1 N–H and O–H groups in total. The van der Waals surface area contributed by atoms with Crippen LogP contribution >= 0.6 is 15.9 Å². The number of aromatic nitrogens is 2. The van der Waals surface area contributed by atoms with E-state index in [0.717, 1.165) is 16.6 Å². The third kappa shape index (κ3) is 3.72. The van der Waals surface area contributed by atoms with Crippen molar-refractivity contribution in [3.8, 4) is 11.8 Å². The van der Waals surface area contributed by atoms with Crippen molar-refractivity contribution < 1.29 is 13.9 Å². The highest BCUT2D eigenvalue weighted by atomic mass is 79.9. The molecule has 136 valence electrons. The minimum Gasteiger partial charge on any atom is -0.442 e. The van der Waals surface area contributed by atoms with Crippen LogP contribution in [0.5, 0.6) is 5.75 Å². The number of nitriles is 1. The number of ether oxygens (including phenoxy) is 1. The number of hydrogen-bond acceptors (Lipinski definition) is 5. The fourth-order valence-corrected chi connectivity index (χ4v) is 2.92. The van der Waals surface area contributed by atoms with Gasteiger partial charge in [0.2, 0.25) is 5.76 Å². The maximum absolute atomic E-state index is 12.0. The Bertz CT molecular complexity index is 1200. The maximum atomic E-state index is 12.0. The first-order valence-corrected chi connectivity index (χ1v) is 9.06. The number of nitrogens with zero attached hydrogens (tertiary/aromatic N) is 2. The van der Waals surface area contributed by atoms with Gasteiger partial charge in [-0.3, -0.25) is 0 Å². The first kappa shape index (κ1) is 17.8. The Kier molecular flexibility index (Phi) is 4.79. The lowest BCUT2D eigenvalue weighted by Gasteiger charge is -2.03. The van der Waals surface area contributed by atoms with Gasteiger partial charge in [0.1, 0.15) is 17.6 Å². The Hall–Kier alpha value is -3.63. The van der Waals surface area contributed by atoms with Crippen molar-refractivity contribution >= 4 is 44.6 Å². The Morgan fingerprint density at radius 2 is 1.93 bits per heavy atom. The smallest absolute Gasteiger partial charge is 0.379 e. The summed E-state index contributed by atoms with van der Waals surface area (Å²) in [5, 5.41) is 9.51. The summed E-state index contributed by atoms with van der Waals surface area (Å²) < 4.78 is 10.9. The molecule has 28 heavy (non-hydrogen) atoms. The van der Waals surface area contributed by atoms with E-state index in [9.17, 15) is 10.1 Å². The maximum Gasteiger partial charge on any atom is 0.379 e. The Labute approximate surface area is 168 Å². The molecule has 0 aliphatic heterocycles. The molecule has 7 heteroatoms. The van der Waals surface area contributed by atoms with Gasteiger partial charge in [0.25, 0.3) is 0 Å². The van der Waals surface area contributed by atoms with E-state index in [1.807, 2.05) is 24.3 Å². The van der Waals surface area contributed by atoms with E-state index in [4.69, 9.17) is 9.15 Å². The van der Waals surface area contributed by atoms with E-state index < -0.39 is 5.97 Å². The van der Waals surface area contributed by atoms with Crippen LogP contribution in [0, 0.1) is 11.3 Å². The molecule has 4 rings (SSSR count). The van der Waals surface area contributed by atoms with E-state index >= 15 is 0 Å². The molecular formula is C21H12BrN3O3. The number of furan rings is 1. The molecule has 0 saturated carbocycles. The minimum atomic E-state index is -0.589. The predicted octanol–water partition coefficient (Wildman–Crippen LogP) is 5.20. The van der Waals surface area contributed by atoms with E-state index in [0.29, 0.717) is 21.8 Å². The summed E-state index contributed by atoms with van der Waals surface area (Å²) in [5.41, 5.74) is 2.84. The molecule has 0 radical (unpaired) electrons. The molecule has 0 saturated heterocycles. The van der Waals surface area contributed by atoms with Crippen molar-refractivity contribution in [1.29, 1.82) is 5.26 Å². The zero-order chi connectivity index (χ0) is 19.5. The summed E-state index contributed by atoms with van der Waals surface area (Å²) in [4.78, 5) is 19.6. The number of fused-ring (bicyclic) bond motifs is 1. The number of carbonyl (C=O) groups excluding carboxylic acids is 1. The summed E-state index contributed by atoms with van der Waals surface area (Å²) in [5.74, 6) is 0.390. The fourth-order valence-electron chi connectivity index (χ4n) is 2.61. The number of esters is 1. The standard InChI is InChI=1S/C21H12BrN3O3/c22-19-10-9-18(28-19)21(26)27-15-7-5-13(6-8-15)11-14(12-23)20-24-16-3-1-2-4-17(16)25-20/h1-11H,(H,24,25)/b14-11+. The number of rotatable bonds is 4. The normalized spacial score (nSPS) is 11.4. The molecule has 0 unspecified atom stereocenters. The highest BCUT2D eigenvalue weighted by molar-refractivity contribution is 9.10. The average Bonchev–Trinajstić information content (AvgIpc) is 3.33. The lowest BCUT2D eigenvalue weighted by molar-refractivity contribution is 0.0700. The molecule has 0 bridgehead atoms. The minimum absolute atomic E-state index is 0.104. The van der Waals surface area contributed by atoms with Crippen molar-refractivity contribution in [1.82, 2.24) is 9.97 Å². The van der Waals surface area contributed by atoms with Crippen LogP contribution in [0.15, 0.2) is 69.8 Å². The van der Waals surface area contributed by atoms with Crippen molar-refractivity contribution in [3.63, 3.8) is 0 Å². The number of hydrogen-bond donors (Lipinski definition) is 1. The lowest BCUT2D eigenvalue weighted by atomic mass is 10.1. The molecular weight excluding hydrogens is 422 g/mol. The van der Waals surface area contributed by atoms with E-state index in [2.05, 4.69) is 32.0 Å². The van der Waals surface area contributed by atoms with Crippen molar-refractivity contribution in [3.05, 3.63) is 82.5 Å². The molecule has 0 fully saturated rings. The van der Waals surface area contributed by atoms with E-state index in [1.165, 1.54) is 6.07 Å². The average molecular weight is 434 g/mol. The van der Waals surface area contributed by atoms with Crippen LogP contribution in [0.1, 0.15) is 21.9 Å². The first-order chi connectivity index (χ1) is 13.6. The van der Waals surface area contributed by atoms with Crippen LogP contribution in [-0.2, 0) is 0 Å². The van der Waals surface area contributed by atoms with Crippen LogP contribution < -0.4 is 4.74 Å². The summed E-state index contributed by atoms with van der Waals surface area (Å²) in [7, 11) is 0. The summed E-state index contributed by atoms with van der Waals surface area (Å²) in [6.07, 6.45) is 1.72. The number of allylic oxidation sites excluding steroid dienone is 1. The number of para-hydroxylation sites is 2. The second-order valence-electron chi connectivity index (χ2n) is 5.83. The largest absolute Gasteiger partial charge is 0.442 e. The van der Waals surface area contributed by atoms with Gasteiger partial charge < -0.3 is 14.1 Å². The number of carbonyl (C=O) groups is 1. The monoisotopic (exact) mass is 433 g/mol. The van der Waals surface area contributed by atoms with Gasteiger partial charge in [0.15, 0.2) is 4.67 Å². The number of imidazole rings is 1. The second kappa shape index (κ2) is 7.55. The number of halogens is 1. The molecule has 0 atom stereocenters. The van der Waals surface area contributed by atoms with Gasteiger partial charge in [-0.25, -0.2) is 9.78 Å². The van der Waals surface area contributed by atoms with Gasteiger partial charge >= 0.3 is 5.97 Å². The van der Waals surface area contributed by atoms with Crippen LogP contribution in [0.4, 0.5) is 0 Å². The fraction of sp³-hybridized carbons (Fsp3) is 0. The Balaban J connectivity index is 1.54. The SMILES string of the molecule is N#C/C(=C\c1ccc(OC(=O)c2ccc(Br)o2)cc1)c1nc2ccccc2[nH]1. The van der Waals surface area contributed by atoms with Crippen LogP contribution in [0.25, 0.3) is 22.7 Å². The Morgan fingerprint density at radius 1 is 1.14 bits per heavy atom. The number of benzene rings is 2. The first-order valence-electron chi connectivity index (χ1n) is 8.27. The third-order valence-corrected chi connectivity index (χ3v) is 4.37.